The number of nitro benzene ring substituents is 1. The second-order valence-corrected chi connectivity index (χ2v) is 6.94. The van der Waals surface area contributed by atoms with Crippen LogP contribution in [0.4, 0.5) is 21.7 Å². The summed E-state index contributed by atoms with van der Waals surface area (Å²) in [6.45, 7) is 2.93. The van der Waals surface area contributed by atoms with Crippen molar-refractivity contribution in [3.63, 3.8) is 0 Å². The lowest BCUT2D eigenvalue weighted by Crippen LogP contribution is -2.47. The van der Waals surface area contributed by atoms with E-state index in [-0.39, 0.29) is 18.0 Å². The molecule has 1 aliphatic heterocycles. The first-order valence-corrected chi connectivity index (χ1v) is 9.42. The van der Waals surface area contributed by atoms with E-state index in [1.54, 1.807) is 24.3 Å². The van der Waals surface area contributed by atoms with Crippen molar-refractivity contribution < 1.29 is 9.31 Å². The Balaban J connectivity index is 1.40. The summed E-state index contributed by atoms with van der Waals surface area (Å²) in [6, 6.07) is 12.4. The van der Waals surface area contributed by atoms with Crippen LogP contribution in [0.3, 0.4) is 0 Å². The molecular weight excluding hydrogens is 391 g/mol. The van der Waals surface area contributed by atoms with Gasteiger partial charge in [-0.15, -0.1) is 0 Å². The minimum absolute atomic E-state index is 0.00234. The molecule has 0 spiro atoms. The van der Waals surface area contributed by atoms with Gasteiger partial charge in [0.2, 0.25) is 5.95 Å². The fourth-order valence-electron chi connectivity index (χ4n) is 3.35. The Hall–Kier alpha value is -3.82. The summed E-state index contributed by atoms with van der Waals surface area (Å²) in [6.07, 6.45) is 1.44. The van der Waals surface area contributed by atoms with Gasteiger partial charge in [-0.1, -0.05) is 12.1 Å². The third kappa shape index (κ3) is 4.27. The molecule has 10 heteroatoms. The van der Waals surface area contributed by atoms with Gasteiger partial charge in [-0.05, 0) is 29.8 Å². The number of rotatable bonds is 5. The van der Waals surface area contributed by atoms with Crippen LogP contribution in [0.25, 0.3) is 0 Å². The van der Waals surface area contributed by atoms with Gasteiger partial charge in [-0.25, -0.2) is 14.2 Å². The zero-order valence-electron chi connectivity index (χ0n) is 16.0. The molecule has 2 heterocycles. The Morgan fingerprint density at radius 3 is 2.20 bits per heavy atom. The molecule has 1 saturated heterocycles. The number of halogens is 1. The number of piperazine rings is 1. The molecule has 9 nitrogen and oxygen atoms in total. The second-order valence-electron chi connectivity index (χ2n) is 6.94. The molecule has 154 valence electrons. The largest absolute Gasteiger partial charge is 0.368 e. The number of non-ortho nitro benzene ring substituents is 1. The van der Waals surface area contributed by atoms with E-state index >= 15 is 0 Å². The monoisotopic (exact) mass is 410 g/mol. The molecular formula is C20H19FN6O3. The summed E-state index contributed by atoms with van der Waals surface area (Å²) in [5.41, 5.74) is 1.26. The van der Waals surface area contributed by atoms with Crippen LogP contribution in [0.2, 0.25) is 0 Å². The van der Waals surface area contributed by atoms with Crippen LogP contribution >= 0.6 is 0 Å². The molecule has 30 heavy (non-hydrogen) atoms. The highest BCUT2D eigenvalue weighted by Crippen LogP contribution is 2.18. The maximum Gasteiger partial charge on any atom is 0.352 e. The predicted octanol–water partition coefficient (Wildman–Crippen LogP) is 2.06. The maximum absolute atomic E-state index is 13.1. The molecule has 0 unspecified atom stereocenters. The van der Waals surface area contributed by atoms with E-state index in [9.17, 15) is 19.3 Å². The normalized spacial score (nSPS) is 14.0. The Morgan fingerprint density at radius 2 is 1.60 bits per heavy atom. The van der Waals surface area contributed by atoms with Crippen molar-refractivity contribution in [2.75, 3.05) is 36.0 Å². The van der Waals surface area contributed by atoms with Crippen LogP contribution in [-0.4, -0.2) is 45.6 Å². The highest BCUT2D eigenvalue weighted by molar-refractivity contribution is 5.48. The van der Waals surface area contributed by atoms with Crippen molar-refractivity contribution in [1.29, 1.82) is 0 Å². The molecule has 0 bridgehead atoms. The lowest BCUT2D eigenvalue weighted by atomic mass is 10.2. The number of anilines is 2. The molecule has 0 atom stereocenters. The van der Waals surface area contributed by atoms with Crippen molar-refractivity contribution in [2.45, 2.75) is 6.54 Å². The van der Waals surface area contributed by atoms with Gasteiger partial charge in [0, 0.05) is 44.0 Å². The highest BCUT2D eigenvalue weighted by atomic mass is 19.1. The van der Waals surface area contributed by atoms with Crippen LogP contribution in [0.1, 0.15) is 5.56 Å². The van der Waals surface area contributed by atoms with Gasteiger partial charge < -0.3 is 9.80 Å². The molecule has 0 aliphatic carbocycles. The molecule has 4 rings (SSSR count). The molecule has 2 aromatic carbocycles. The Morgan fingerprint density at radius 1 is 0.967 bits per heavy atom. The molecule has 0 N–H and O–H groups in total. The second kappa shape index (κ2) is 8.27. The third-order valence-electron chi connectivity index (χ3n) is 5.01. The summed E-state index contributed by atoms with van der Waals surface area (Å²) in [4.78, 5) is 35.2. The average molecular weight is 410 g/mol. The minimum Gasteiger partial charge on any atom is -0.368 e. The number of hydrogen-bond donors (Lipinski definition) is 0. The van der Waals surface area contributed by atoms with Gasteiger partial charge in [-0.2, -0.15) is 4.98 Å². The number of hydrogen-bond acceptors (Lipinski definition) is 7. The molecule has 0 amide bonds. The van der Waals surface area contributed by atoms with Gasteiger partial charge in [0.05, 0.1) is 11.5 Å². The van der Waals surface area contributed by atoms with Crippen LogP contribution in [0.5, 0.6) is 0 Å². The number of benzene rings is 2. The van der Waals surface area contributed by atoms with Gasteiger partial charge in [0.25, 0.3) is 5.69 Å². The van der Waals surface area contributed by atoms with E-state index in [1.165, 1.54) is 35.2 Å². The van der Waals surface area contributed by atoms with Crippen molar-refractivity contribution in [3.05, 3.63) is 86.8 Å². The summed E-state index contributed by atoms with van der Waals surface area (Å²) in [7, 11) is 0. The fourth-order valence-corrected chi connectivity index (χ4v) is 3.35. The average Bonchev–Trinajstić information content (AvgIpc) is 2.76. The molecule has 3 aromatic rings. The SMILES string of the molecule is O=c1nc(N2CCN(c3ccc(F)cc3)CC2)ncn1Cc1ccc([N+](=O)[O-])cc1. The summed E-state index contributed by atoms with van der Waals surface area (Å²) >= 11 is 0. The molecule has 1 aromatic heterocycles. The Labute approximate surface area is 171 Å². The van der Waals surface area contributed by atoms with Crippen LogP contribution in [-0.2, 0) is 6.54 Å². The first kappa shape index (κ1) is 19.5. The van der Waals surface area contributed by atoms with Gasteiger partial charge >= 0.3 is 5.69 Å². The molecule has 0 radical (unpaired) electrons. The molecule has 0 saturated carbocycles. The highest BCUT2D eigenvalue weighted by Gasteiger charge is 2.20. The third-order valence-corrected chi connectivity index (χ3v) is 5.01. The number of aromatic nitrogens is 3. The van der Waals surface area contributed by atoms with E-state index in [1.807, 2.05) is 4.90 Å². The van der Waals surface area contributed by atoms with E-state index in [2.05, 4.69) is 14.9 Å². The standard InChI is InChI=1S/C20H19FN6O3/c21-16-3-7-17(8-4-16)24-9-11-25(12-10-24)19-22-14-26(20(28)23-19)13-15-1-5-18(6-2-15)27(29)30/h1-8,14H,9-13H2. The van der Waals surface area contributed by atoms with Crippen LogP contribution in [0.15, 0.2) is 59.7 Å². The number of nitro groups is 1. The van der Waals surface area contributed by atoms with Crippen LogP contribution < -0.4 is 15.5 Å². The predicted molar refractivity (Wildman–Crippen MR) is 109 cm³/mol. The fraction of sp³-hybridized carbons (Fsp3) is 0.250. The van der Waals surface area contributed by atoms with E-state index < -0.39 is 10.6 Å². The van der Waals surface area contributed by atoms with Crippen molar-refractivity contribution >= 4 is 17.3 Å². The maximum atomic E-state index is 13.1. The minimum atomic E-state index is -0.469. The van der Waals surface area contributed by atoms with Crippen molar-refractivity contribution in [1.82, 2.24) is 14.5 Å². The molecule has 1 aliphatic rings. The first-order chi connectivity index (χ1) is 14.5. The van der Waals surface area contributed by atoms with E-state index in [0.717, 1.165) is 11.3 Å². The molecule has 1 fully saturated rings. The van der Waals surface area contributed by atoms with Gasteiger partial charge in [0.1, 0.15) is 12.1 Å². The van der Waals surface area contributed by atoms with Crippen LogP contribution in [0, 0.1) is 15.9 Å². The zero-order valence-corrected chi connectivity index (χ0v) is 16.0. The van der Waals surface area contributed by atoms with Crippen molar-refractivity contribution in [3.8, 4) is 0 Å². The summed E-state index contributed by atoms with van der Waals surface area (Å²) in [5, 5.41) is 10.7. The Bertz CT molecular complexity index is 1090. The summed E-state index contributed by atoms with van der Waals surface area (Å²) in [5.74, 6) is 0.110. The van der Waals surface area contributed by atoms with E-state index in [4.69, 9.17) is 0 Å². The first-order valence-electron chi connectivity index (χ1n) is 9.42. The smallest absolute Gasteiger partial charge is 0.352 e. The lowest BCUT2D eigenvalue weighted by molar-refractivity contribution is -0.384. The van der Waals surface area contributed by atoms with Crippen molar-refractivity contribution in [2.24, 2.45) is 0 Å². The topological polar surface area (TPSA) is 97.4 Å². The van der Waals surface area contributed by atoms with E-state index in [0.29, 0.717) is 32.1 Å². The van der Waals surface area contributed by atoms with Gasteiger partial charge in [-0.3, -0.25) is 14.7 Å². The quantitative estimate of drug-likeness (QED) is 0.469. The zero-order chi connectivity index (χ0) is 21.1. The summed E-state index contributed by atoms with van der Waals surface area (Å²) < 4.78 is 14.5. The Kier molecular flexibility index (Phi) is 5.38. The van der Waals surface area contributed by atoms with Gasteiger partial charge in [0.15, 0.2) is 0 Å². The number of nitrogens with zero attached hydrogens (tertiary/aromatic N) is 6. The lowest BCUT2D eigenvalue weighted by Gasteiger charge is -2.36.